The quantitative estimate of drug-likeness (QED) is 0.314. The highest BCUT2D eigenvalue weighted by Gasteiger charge is 2.22. The van der Waals surface area contributed by atoms with Crippen LogP contribution in [-0.4, -0.2) is 38.2 Å². The Hall–Kier alpha value is -3.13. The van der Waals surface area contributed by atoms with Crippen LogP contribution in [0.3, 0.4) is 0 Å². The Morgan fingerprint density at radius 1 is 1.03 bits per heavy atom. The Bertz CT molecular complexity index is 1080. The Morgan fingerprint density at radius 3 is 2.34 bits per heavy atom. The summed E-state index contributed by atoms with van der Waals surface area (Å²) in [5.74, 6) is -2.04. The Morgan fingerprint density at radius 2 is 1.75 bits per heavy atom. The van der Waals surface area contributed by atoms with Gasteiger partial charge < -0.3 is 25.6 Å². The second kappa shape index (κ2) is 10.5. The number of carboxylic acids is 1. The number of rotatable bonds is 9. The maximum Gasteiger partial charge on any atom is 0.306 e. The molecule has 0 bridgehead atoms. The van der Waals surface area contributed by atoms with Crippen LogP contribution in [0.25, 0.3) is 11.1 Å². The van der Waals surface area contributed by atoms with E-state index in [1.807, 2.05) is 48.5 Å². The number of aliphatic hydroxyl groups is 2. The van der Waals surface area contributed by atoms with Crippen molar-refractivity contribution in [2.24, 2.45) is 5.92 Å². The number of halogens is 1. The van der Waals surface area contributed by atoms with Crippen molar-refractivity contribution in [2.75, 3.05) is 0 Å². The fraction of sp³-hybridized carbons (Fsp3) is 0.250. The molecule has 5 N–H and O–H groups in total. The molecule has 2 aromatic carbocycles. The smallest absolute Gasteiger partial charge is 0.306 e. The molecule has 0 aliphatic carbocycles. The molecule has 3 aromatic rings. The maximum atomic E-state index is 12.6. The van der Waals surface area contributed by atoms with E-state index in [-0.39, 0.29) is 17.8 Å². The minimum absolute atomic E-state index is 0.0993. The summed E-state index contributed by atoms with van der Waals surface area (Å²) in [6.07, 6.45) is -1.03. The number of amides is 1. The van der Waals surface area contributed by atoms with Crippen LogP contribution in [0.2, 0.25) is 5.02 Å². The van der Waals surface area contributed by atoms with Crippen molar-refractivity contribution < 1.29 is 24.9 Å². The zero-order valence-corrected chi connectivity index (χ0v) is 18.2. The van der Waals surface area contributed by atoms with Gasteiger partial charge in [-0.3, -0.25) is 9.59 Å². The van der Waals surface area contributed by atoms with Crippen molar-refractivity contribution in [1.82, 2.24) is 10.3 Å². The number of aliphatic carboxylic acids is 1. The molecule has 1 amide bonds. The molecule has 0 saturated carbocycles. The van der Waals surface area contributed by atoms with Crippen LogP contribution < -0.4 is 5.32 Å². The molecule has 0 saturated heterocycles. The van der Waals surface area contributed by atoms with E-state index in [9.17, 15) is 24.9 Å². The molecule has 0 radical (unpaired) electrons. The van der Waals surface area contributed by atoms with Crippen LogP contribution in [-0.2, 0) is 11.2 Å². The molecule has 1 unspecified atom stereocenters. The van der Waals surface area contributed by atoms with Crippen molar-refractivity contribution in [3.05, 3.63) is 82.6 Å². The number of carboxylic acid groups (broad SMARTS) is 1. The van der Waals surface area contributed by atoms with Gasteiger partial charge in [-0.05, 0) is 53.8 Å². The molecule has 168 valence electrons. The van der Waals surface area contributed by atoms with Crippen LogP contribution in [0.4, 0.5) is 0 Å². The van der Waals surface area contributed by atoms with Crippen LogP contribution in [0.15, 0.2) is 60.7 Å². The molecular formula is C24H25ClN2O5. The normalized spacial score (nSPS) is 13.0. The molecule has 32 heavy (non-hydrogen) atoms. The Labute approximate surface area is 190 Å². The first-order valence-electron chi connectivity index (χ1n) is 10.2. The number of carbonyl (C=O) groups is 2. The van der Waals surface area contributed by atoms with Gasteiger partial charge in [0.25, 0.3) is 5.91 Å². The molecule has 3 rings (SSSR count). The van der Waals surface area contributed by atoms with Crippen molar-refractivity contribution >= 4 is 23.5 Å². The summed E-state index contributed by atoms with van der Waals surface area (Å²) < 4.78 is 0. The second-order valence-electron chi connectivity index (χ2n) is 7.76. The summed E-state index contributed by atoms with van der Waals surface area (Å²) in [5.41, 5.74) is 3.19. The van der Waals surface area contributed by atoms with Gasteiger partial charge in [-0.2, -0.15) is 0 Å². The topological polar surface area (TPSA) is 123 Å². The van der Waals surface area contributed by atoms with Gasteiger partial charge in [0.1, 0.15) is 5.69 Å². The molecule has 0 aliphatic rings. The van der Waals surface area contributed by atoms with Gasteiger partial charge >= 0.3 is 5.97 Å². The summed E-state index contributed by atoms with van der Waals surface area (Å²) in [4.78, 5) is 26.7. The molecule has 0 aliphatic heterocycles. The second-order valence-corrected chi connectivity index (χ2v) is 8.19. The van der Waals surface area contributed by atoms with Crippen LogP contribution in [0.1, 0.15) is 41.4 Å². The molecule has 1 aromatic heterocycles. The van der Waals surface area contributed by atoms with E-state index in [0.717, 1.165) is 16.7 Å². The fourth-order valence-electron chi connectivity index (χ4n) is 3.46. The molecular weight excluding hydrogens is 432 g/mol. The highest BCUT2D eigenvalue weighted by molar-refractivity contribution is 6.30. The van der Waals surface area contributed by atoms with E-state index in [1.165, 1.54) is 12.1 Å². The lowest BCUT2D eigenvalue weighted by Gasteiger charge is -2.21. The number of aromatic nitrogens is 1. The first-order chi connectivity index (χ1) is 15.2. The van der Waals surface area contributed by atoms with Gasteiger partial charge in [-0.1, -0.05) is 54.9 Å². The lowest BCUT2D eigenvalue weighted by molar-refractivity contribution is -0.141. The summed E-state index contributed by atoms with van der Waals surface area (Å²) in [7, 11) is 0. The zero-order valence-electron chi connectivity index (χ0n) is 17.5. The third kappa shape index (κ3) is 6.20. The predicted octanol–water partition coefficient (Wildman–Crippen LogP) is 3.77. The fourth-order valence-corrected chi connectivity index (χ4v) is 3.66. The van der Waals surface area contributed by atoms with Crippen LogP contribution in [0, 0.1) is 5.92 Å². The maximum absolute atomic E-state index is 12.6. The number of aliphatic hydroxyl groups excluding tert-OH is 1. The summed E-state index contributed by atoms with van der Waals surface area (Å²) >= 11 is 6.07. The summed E-state index contributed by atoms with van der Waals surface area (Å²) in [6.45, 7) is 1.60. The van der Waals surface area contributed by atoms with Crippen molar-refractivity contribution in [2.45, 2.75) is 32.1 Å². The van der Waals surface area contributed by atoms with Gasteiger partial charge in [0.2, 0.25) is 0 Å². The van der Waals surface area contributed by atoms with E-state index >= 15 is 0 Å². The number of benzene rings is 2. The monoisotopic (exact) mass is 456 g/mol. The van der Waals surface area contributed by atoms with Gasteiger partial charge in [0.15, 0.2) is 6.29 Å². The van der Waals surface area contributed by atoms with Crippen LogP contribution >= 0.6 is 11.6 Å². The van der Waals surface area contributed by atoms with E-state index < -0.39 is 30.1 Å². The lowest BCUT2D eigenvalue weighted by atomic mass is 9.95. The highest BCUT2D eigenvalue weighted by atomic mass is 35.5. The SMILES string of the molecule is C[C@H](CC(Cc1ccc(-c2cccc(Cl)c2)cc1)NC(=O)c1ccc(C(O)O)[nH]1)C(=O)O. The van der Waals surface area contributed by atoms with Crippen LogP contribution in [0.5, 0.6) is 0 Å². The highest BCUT2D eigenvalue weighted by Crippen LogP contribution is 2.24. The van der Waals surface area contributed by atoms with E-state index in [1.54, 1.807) is 6.92 Å². The zero-order chi connectivity index (χ0) is 23.3. The molecule has 1 heterocycles. The molecule has 7 nitrogen and oxygen atoms in total. The Kier molecular flexibility index (Phi) is 7.69. The average molecular weight is 457 g/mol. The third-order valence-electron chi connectivity index (χ3n) is 5.22. The summed E-state index contributed by atoms with van der Waals surface area (Å²) in [5, 5.41) is 31.3. The van der Waals surface area contributed by atoms with Gasteiger partial charge in [0, 0.05) is 11.1 Å². The molecule has 0 fully saturated rings. The number of carbonyl (C=O) groups excluding carboxylic acids is 1. The van der Waals surface area contributed by atoms with Gasteiger partial charge in [-0.25, -0.2) is 0 Å². The molecule has 2 atom stereocenters. The minimum atomic E-state index is -1.71. The minimum Gasteiger partial charge on any atom is -0.481 e. The number of aromatic amines is 1. The first-order valence-corrected chi connectivity index (χ1v) is 10.5. The number of H-pyrrole nitrogens is 1. The number of hydrogen-bond donors (Lipinski definition) is 5. The van der Waals surface area contributed by atoms with E-state index in [4.69, 9.17) is 11.6 Å². The van der Waals surface area contributed by atoms with Gasteiger partial charge in [0.05, 0.1) is 11.6 Å². The van der Waals surface area contributed by atoms with Crippen molar-refractivity contribution in [3.8, 4) is 11.1 Å². The Balaban J connectivity index is 1.74. The molecule has 0 spiro atoms. The largest absolute Gasteiger partial charge is 0.481 e. The van der Waals surface area contributed by atoms with E-state index in [2.05, 4.69) is 10.3 Å². The number of nitrogens with one attached hydrogen (secondary N) is 2. The number of hydrogen-bond acceptors (Lipinski definition) is 4. The van der Waals surface area contributed by atoms with Crippen molar-refractivity contribution in [1.29, 1.82) is 0 Å². The standard InChI is InChI=1S/C24H25ClN2O5/c1-14(23(29)30)11-19(26-22(28)20-9-10-21(27-20)24(31)32)12-15-5-7-16(8-6-15)17-3-2-4-18(25)13-17/h2-10,13-14,19,24,27,31-32H,11-12H2,1H3,(H,26,28)(H,29,30)/t14-,19?/m1/s1. The summed E-state index contributed by atoms with van der Waals surface area (Å²) in [6, 6.07) is 17.7. The predicted molar refractivity (Wildman–Crippen MR) is 121 cm³/mol. The third-order valence-corrected chi connectivity index (χ3v) is 5.46. The van der Waals surface area contributed by atoms with Crippen molar-refractivity contribution in [3.63, 3.8) is 0 Å². The lowest BCUT2D eigenvalue weighted by Crippen LogP contribution is -2.38. The molecule has 8 heteroatoms. The average Bonchev–Trinajstić information content (AvgIpc) is 3.25. The first kappa shape index (κ1) is 23.5. The van der Waals surface area contributed by atoms with Gasteiger partial charge in [-0.15, -0.1) is 0 Å². The van der Waals surface area contributed by atoms with E-state index in [0.29, 0.717) is 11.4 Å².